The van der Waals surface area contributed by atoms with E-state index in [1.54, 1.807) is 0 Å². The Labute approximate surface area is 116 Å². The van der Waals surface area contributed by atoms with Gasteiger partial charge in [-0.3, -0.25) is 0 Å². The monoisotopic (exact) mass is 300 g/mol. The predicted molar refractivity (Wildman–Crippen MR) is 65.3 cm³/mol. The second-order valence-corrected chi connectivity index (χ2v) is 3.93. The van der Waals surface area contributed by atoms with Crippen molar-refractivity contribution in [3.05, 3.63) is 59.2 Å². The van der Waals surface area contributed by atoms with Crippen LogP contribution in [-0.2, 0) is 0 Å². The normalized spacial score (nSPS) is 11.5. The molecule has 0 atom stereocenters. The number of ether oxygens (including phenoxy) is 1. The molecule has 0 saturated carbocycles. The summed E-state index contributed by atoms with van der Waals surface area (Å²) in [5.41, 5.74) is 4.96. The van der Waals surface area contributed by atoms with Crippen LogP contribution in [0.4, 0.5) is 17.6 Å². The van der Waals surface area contributed by atoms with Crippen molar-refractivity contribution < 1.29 is 27.5 Å². The lowest BCUT2D eigenvalue weighted by Gasteiger charge is -2.10. The van der Waals surface area contributed by atoms with Crippen LogP contribution in [0.25, 0.3) is 0 Å². The quantitative estimate of drug-likeness (QED) is 0.301. The van der Waals surface area contributed by atoms with Gasteiger partial charge in [-0.15, -0.1) is 0 Å². The number of benzene rings is 2. The van der Waals surface area contributed by atoms with Crippen molar-refractivity contribution in [3.8, 4) is 11.5 Å². The van der Waals surface area contributed by atoms with E-state index in [4.69, 9.17) is 15.7 Å². The minimum Gasteiger partial charge on any atom is -0.448 e. The van der Waals surface area contributed by atoms with Gasteiger partial charge in [-0.1, -0.05) is 5.16 Å². The number of halogens is 4. The minimum absolute atomic E-state index is 0.237. The average Bonchev–Trinajstić information content (AvgIpc) is 2.45. The Balaban J connectivity index is 2.43. The van der Waals surface area contributed by atoms with E-state index in [1.165, 1.54) is 0 Å². The molecule has 0 aliphatic heterocycles. The zero-order valence-electron chi connectivity index (χ0n) is 10.3. The van der Waals surface area contributed by atoms with Gasteiger partial charge in [-0.25, -0.2) is 17.6 Å². The molecule has 0 bridgehead atoms. The summed E-state index contributed by atoms with van der Waals surface area (Å²) in [5, 5.41) is 11.0. The van der Waals surface area contributed by atoms with E-state index in [0.717, 1.165) is 24.3 Å². The maximum atomic E-state index is 13.8. The fraction of sp³-hybridized carbons (Fsp3) is 0. The summed E-state index contributed by atoms with van der Waals surface area (Å²) in [5.74, 6) is -6.40. The highest BCUT2D eigenvalue weighted by Gasteiger charge is 2.17. The third kappa shape index (κ3) is 3.04. The Morgan fingerprint density at radius 2 is 1.62 bits per heavy atom. The van der Waals surface area contributed by atoms with Crippen molar-refractivity contribution >= 4 is 5.84 Å². The minimum atomic E-state index is -1.22. The number of amidine groups is 1. The second kappa shape index (κ2) is 5.70. The molecule has 3 N–H and O–H groups in total. The largest absolute Gasteiger partial charge is 0.448 e. The number of nitrogens with two attached hydrogens (primary N) is 1. The summed E-state index contributed by atoms with van der Waals surface area (Å²) in [6.45, 7) is 0. The van der Waals surface area contributed by atoms with Crippen molar-refractivity contribution in [2.75, 3.05) is 0 Å². The molecule has 110 valence electrons. The summed E-state index contributed by atoms with van der Waals surface area (Å²) in [6.07, 6.45) is 0. The lowest BCUT2D eigenvalue weighted by molar-refractivity contribution is 0.318. The second-order valence-electron chi connectivity index (χ2n) is 3.93. The van der Waals surface area contributed by atoms with Gasteiger partial charge >= 0.3 is 0 Å². The Morgan fingerprint density at radius 3 is 2.19 bits per heavy atom. The SMILES string of the molecule is N/C(=N/O)c1cc(F)c(Oc2cc(F)ccc2F)c(F)c1. The molecule has 8 heteroatoms. The Bertz CT molecular complexity index is 696. The molecule has 0 aliphatic carbocycles. The smallest absolute Gasteiger partial charge is 0.198 e. The van der Waals surface area contributed by atoms with E-state index in [-0.39, 0.29) is 5.56 Å². The van der Waals surface area contributed by atoms with E-state index < -0.39 is 40.6 Å². The molecule has 0 fully saturated rings. The molecule has 2 rings (SSSR count). The van der Waals surface area contributed by atoms with Gasteiger partial charge in [-0.05, 0) is 24.3 Å². The van der Waals surface area contributed by atoms with Crippen molar-refractivity contribution in [1.82, 2.24) is 0 Å². The molecule has 2 aromatic carbocycles. The standard InChI is InChI=1S/C13H8F4N2O2/c14-7-1-2-8(15)11(5-7)21-12-9(16)3-6(4-10(12)17)13(18)19-20/h1-5,20H,(H2,18,19). The zero-order chi connectivity index (χ0) is 15.6. The van der Waals surface area contributed by atoms with Gasteiger partial charge in [0.2, 0.25) is 0 Å². The first-order valence-electron chi connectivity index (χ1n) is 5.52. The summed E-state index contributed by atoms with van der Waals surface area (Å²) in [7, 11) is 0. The van der Waals surface area contributed by atoms with Crippen LogP contribution in [-0.4, -0.2) is 11.0 Å². The van der Waals surface area contributed by atoms with E-state index in [9.17, 15) is 17.6 Å². The fourth-order valence-corrected chi connectivity index (χ4v) is 1.53. The molecule has 0 saturated heterocycles. The van der Waals surface area contributed by atoms with Crippen LogP contribution in [0.1, 0.15) is 5.56 Å². The van der Waals surface area contributed by atoms with Crippen LogP contribution in [0.15, 0.2) is 35.5 Å². The Morgan fingerprint density at radius 1 is 1.00 bits per heavy atom. The first kappa shape index (κ1) is 14.6. The number of nitrogens with zero attached hydrogens (tertiary/aromatic N) is 1. The third-order valence-electron chi connectivity index (χ3n) is 2.51. The van der Waals surface area contributed by atoms with Gasteiger partial charge in [0.25, 0.3) is 0 Å². The lowest BCUT2D eigenvalue weighted by atomic mass is 10.2. The highest BCUT2D eigenvalue weighted by Crippen LogP contribution is 2.30. The molecular weight excluding hydrogens is 292 g/mol. The van der Waals surface area contributed by atoms with Crippen LogP contribution in [0.5, 0.6) is 11.5 Å². The highest BCUT2D eigenvalue weighted by molar-refractivity contribution is 5.97. The fourth-order valence-electron chi connectivity index (χ4n) is 1.53. The van der Waals surface area contributed by atoms with Crippen molar-refractivity contribution in [3.63, 3.8) is 0 Å². The average molecular weight is 300 g/mol. The molecule has 0 spiro atoms. The van der Waals surface area contributed by atoms with Gasteiger partial charge in [0.05, 0.1) is 0 Å². The third-order valence-corrected chi connectivity index (χ3v) is 2.51. The van der Waals surface area contributed by atoms with Crippen LogP contribution >= 0.6 is 0 Å². The summed E-state index contributed by atoms with van der Waals surface area (Å²) >= 11 is 0. The molecule has 2 aromatic rings. The van der Waals surface area contributed by atoms with Gasteiger partial charge in [-0.2, -0.15) is 0 Å². The van der Waals surface area contributed by atoms with Gasteiger partial charge in [0.15, 0.2) is 34.8 Å². The molecular formula is C13H8F4N2O2. The van der Waals surface area contributed by atoms with Gasteiger partial charge in [0.1, 0.15) is 5.82 Å². The van der Waals surface area contributed by atoms with Gasteiger partial charge < -0.3 is 15.7 Å². The van der Waals surface area contributed by atoms with Crippen LogP contribution in [0, 0.1) is 23.3 Å². The highest BCUT2D eigenvalue weighted by atomic mass is 19.1. The summed E-state index contributed by atoms with van der Waals surface area (Å²) < 4.78 is 58.6. The maximum absolute atomic E-state index is 13.8. The number of oxime groups is 1. The summed E-state index contributed by atoms with van der Waals surface area (Å²) in [6, 6.07) is 3.68. The topological polar surface area (TPSA) is 67.8 Å². The molecule has 0 unspecified atom stereocenters. The number of rotatable bonds is 3. The first-order valence-corrected chi connectivity index (χ1v) is 5.52. The summed E-state index contributed by atoms with van der Waals surface area (Å²) in [4.78, 5) is 0. The Hall–Kier alpha value is -2.77. The first-order chi connectivity index (χ1) is 9.92. The lowest BCUT2D eigenvalue weighted by Crippen LogP contribution is -2.14. The van der Waals surface area contributed by atoms with E-state index >= 15 is 0 Å². The molecule has 4 nitrogen and oxygen atoms in total. The molecule has 21 heavy (non-hydrogen) atoms. The maximum Gasteiger partial charge on any atom is 0.198 e. The van der Waals surface area contributed by atoms with Gasteiger partial charge in [0, 0.05) is 11.6 Å². The predicted octanol–water partition coefficient (Wildman–Crippen LogP) is 3.13. The van der Waals surface area contributed by atoms with Crippen molar-refractivity contribution in [2.24, 2.45) is 10.9 Å². The van der Waals surface area contributed by atoms with Crippen LogP contribution < -0.4 is 10.5 Å². The zero-order valence-corrected chi connectivity index (χ0v) is 10.3. The molecule has 0 heterocycles. The van der Waals surface area contributed by atoms with Crippen molar-refractivity contribution in [2.45, 2.75) is 0 Å². The van der Waals surface area contributed by atoms with E-state index in [1.807, 2.05) is 0 Å². The van der Waals surface area contributed by atoms with E-state index in [2.05, 4.69) is 5.16 Å². The van der Waals surface area contributed by atoms with Crippen LogP contribution in [0.3, 0.4) is 0 Å². The number of hydrogen-bond acceptors (Lipinski definition) is 3. The van der Waals surface area contributed by atoms with E-state index in [0.29, 0.717) is 6.07 Å². The molecule has 0 aliphatic rings. The molecule has 0 aromatic heterocycles. The molecule has 0 radical (unpaired) electrons. The number of hydrogen-bond donors (Lipinski definition) is 2. The van der Waals surface area contributed by atoms with Crippen LogP contribution in [0.2, 0.25) is 0 Å². The molecule has 0 amide bonds. The van der Waals surface area contributed by atoms with Crippen molar-refractivity contribution in [1.29, 1.82) is 0 Å². The Kier molecular flexibility index (Phi) is 3.97.